The number of carbonyl (C=O) groups excluding carboxylic acids is 2. The number of carboxylic acids is 2. The van der Waals surface area contributed by atoms with Crippen molar-refractivity contribution in [1.29, 1.82) is 0 Å². The standard InChI is InChI=1S/C20H34O8.H3N/c1-14(16(23)24)12-20(3,18(26)28-5)13-19(2,17(25)27-4)11-9-7-6-8-10-15(21)22;/h14H,6-13H2,1-5H3,(H,21,22)(H,23,24);1H3. The fourth-order valence-corrected chi connectivity index (χ4v) is 3.75. The fourth-order valence-electron chi connectivity index (χ4n) is 3.75. The fraction of sp³-hybridized carbons (Fsp3) is 0.800. The molecule has 0 aromatic rings. The van der Waals surface area contributed by atoms with Crippen LogP contribution in [0.4, 0.5) is 0 Å². The zero-order valence-corrected chi connectivity index (χ0v) is 18.3. The molecule has 5 N–H and O–H groups in total. The molecule has 0 aliphatic carbocycles. The predicted molar refractivity (Wildman–Crippen MR) is 107 cm³/mol. The van der Waals surface area contributed by atoms with Crippen molar-refractivity contribution in [2.24, 2.45) is 16.7 Å². The minimum atomic E-state index is -1.15. The van der Waals surface area contributed by atoms with E-state index >= 15 is 0 Å². The first-order valence-corrected chi connectivity index (χ1v) is 9.53. The van der Waals surface area contributed by atoms with Crippen molar-refractivity contribution < 1.29 is 38.9 Å². The number of unbranched alkanes of at least 4 members (excludes halogenated alkanes) is 3. The van der Waals surface area contributed by atoms with Crippen LogP contribution in [0.1, 0.15) is 72.1 Å². The molecule has 9 heteroatoms. The van der Waals surface area contributed by atoms with Crippen LogP contribution in [-0.4, -0.2) is 48.3 Å². The molecule has 0 rings (SSSR count). The van der Waals surface area contributed by atoms with Gasteiger partial charge in [-0.05, 0) is 39.5 Å². The Kier molecular flexibility index (Phi) is 13.2. The van der Waals surface area contributed by atoms with Crippen LogP contribution in [0.2, 0.25) is 0 Å². The third kappa shape index (κ3) is 9.74. The van der Waals surface area contributed by atoms with Crippen LogP contribution in [0.3, 0.4) is 0 Å². The van der Waals surface area contributed by atoms with E-state index in [0.717, 1.165) is 12.8 Å². The number of hydrogen-bond acceptors (Lipinski definition) is 7. The van der Waals surface area contributed by atoms with Crippen LogP contribution in [0.25, 0.3) is 0 Å². The molecule has 0 heterocycles. The van der Waals surface area contributed by atoms with Gasteiger partial charge in [0.1, 0.15) is 0 Å². The molecule has 9 nitrogen and oxygen atoms in total. The quantitative estimate of drug-likeness (QED) is 0.283. The van der Waals surface area contributed by atoms with Crippen molar-refractivity contribution in [3.05, 3.63) is 0 Å². The van der Waals surface area contributed by atoms with Crippen molar-refractivity contribution in [2.75, 3.05) is 14.2 Å². The number of hydrogen-bond donors (Lipinski definition) is 3. The van der Waals surface area contributed by atoms with Gasteiger partial charge in [0.25, 0.3) is 0 Å². The number of esters is 2. The highest BCUT2D eigenvalue weighted by atomic mass is 16.5. The highest BCUT2D eigenvalue weighted by Crippen LogP contribution is 2.43. The molecule has 3 unspecified atom stereocenters. The number of carboxylic acid groups (broad SMARTS) is 2. The Morgan fingerprint density at radius 3 is 1.79 bits per heavy atom. The Balaban J connectivity index is 0. The van der Waals surface area contributed by atoms with Crippen LogP contribution >= 0.6 is 0 Å². The lowest BCUT2D eigenvalue weighted by atomic mass is 9.67. The van der Waals surface area contributed by atoms with Gasteiger partial charge in [-0.25, -0.2) is 0 Å². The first-order chi connectivity index (χ1) is 12.9. The zero-order chi connectivity index (χ0) is 22.0. The molecule has 0 aliphatic rings. The molecule has 0 bridgehead atoms. The predicted octanol–water partition coefficient (Wildman–Crippen LogP) is 3.43. The Morgan fingerprint density at radius 2 is 1.34 bits per heavy atom. The number of ether oxygens (including phenoxy) is 2. The maximum Gasteiger partial charge on any atom is 0.311 e. The van der Waals surface area contributed by atoms with E-state index < -0.39 is 40.6 Å². The summed E-state index contributed by atoms with van der Waals surface area (Å²) in [6.07, 6.45) is 3.42. The van der Waals surface area contributed by atoms with Crippen LogP contribution < -0.4 is 6.15 Å². The van der Waals surface area contributed by atoms with E-state index in [1.54, 1.807) is 13.8 Å². The number of methoxy groups -OCH3 is 2. The second-order valence-electron chi connectivity index (χ2n) is 8.03. The van der Waals surface area contributed by atoms with E-state index in [1.165, 1.54) is 21.1 Å². The molecule has 0 spiro atoms. The Morgan fingerprint density at radius 1 is 0.862 bits per heavy atom. The molecule has 0 saturated carbocycles. The summed E-state index contributed by atoms with van der Waals surface area (Å²) in [6.45, 7) is 4.84. The summed E-state index contributed by atoms with van der Waals surface area (Å²) in [6, 6.07) is 0. The Labute approximate surface area is 172 Å². The molecule has 29 heavy (non-hydrogen) atoms. The van der Waals surface area contributed by atoms with Gasteiger partial charge in [0, 0.05) is 6.42 Å². The average Bonchev–Trinajstić information content (AvgIpc) is 2.62. The van der Waals surface area contributed by atoms with Crippen molar-refractivity contribution in [1.82, 2.24) is 6.15 Å². The molecule has 3 atom stereocenters. The van der Waals surface area contributed by atoms with E-state index in [0.29, 0.717) is 19.3 Å². The lowest BCUT2D eigenvalue weighted by molar-refractivity contribution is -0.162. The van der Waals surface area contributed by atoms with Crippen molar-refractivity contribution in [3.8, 4) is 0 Å². The average molecular weight is 420 g/mol. The first-order valence-electron chi connectivity index (χ1n) is 9.53. The molecule has 0 fully saturated rings. The maximum absolute atomic E-state index is 12.5. The number of rotatable bonds is 14. The van der Waals surface area contributed by atoms with E-state index in [-0.39, 0.29) is 25.4 Å². The summed E-state index contributed by atoms with van der Waals surface area (Å²) in [4.78, 5) is 46.8. The van der Waals surface area contributed by atoms with Crippen molar-refractivity contribution >= 4 is 23.9 Å². The Hall–Kier alpha value is -2.16. The molecular formula is C20H37NO8. The largest absolute Gasteiger partial charge is 0.481 e. The SMILES string of the molecule is COC(=O)C(C)(CCCCCCC(=O)O)CC(C)(CC(C)C(=O)O)C(=O)OC.N. The smallest absolute Gasteiger partial charge is 0.311 e. The summed E-state index contributed by atoms with van der Waals surface area (Å²) in [5.74, 6) is -3.65. The van der Waals surface area contributed by atoms with Gasteiger partial charge in [-0.15, -0.1) is 0 Å². The first kappa shape index (κ1) is 29.0. The minimum absolute atomic E-state index is 0. The van der Waals surface area contributed by atoms with Crippen LogP contribution in [0.5, 0.6) is 0 Å². The van der Waals surface area contributed by atoms with E-state index in [2.05, 4.69) is 0 Å². The number of carbonyl (C=O) groups is 4. The van der Waals surface area contributed by atoms with Gasteiger partial charge in [-0.2, -0.15) is 0 Å². The third-order valence-electron chi connectivity index (χ3n) is 5.18. The second-order valence-corrected chi connectivity index (χ2v) is 8.03. The van der Waals surface area contributed by atoms with Crippen LogP contribution in [-0.2, 0) is 28.7 Å². The molecule has 0 aromatic carbocycles. The van der Waals surface area contributed by atoms with Gasteiger partial charge in [-0.3, -0.25) is 19.2 Å². The molecule has 0 amide bonds. The molecule has 0 aromatic heterocycles. The molecule has 170 valence electrons. The molecule has 0 aliphatic heterocycles. The monoisotopic (exact) mass is 419 g/mol. The van der Waals surface area contributed by atoms with Gasteiger partial charge in [0.05, 0.1) is 31.0 Å². The van der Waals surface area contributed by atoms with Gasteiger partial charge in [-0.1, -0.05) is 26.2 Å². The second kappa shape index (κ2) is 13.1. The summed E-state index contributed by atoms with van der Waals surface area (Å²) in [5, 5.41) is 17.9. The molecule has 0 saturated heterocycles. The van der Waals surface area contributed by atoms with E-state index in [9.17, 15) is 24.3 Å². The van der Waals surface area contributed by atoms with E-state index in [4.69, 9.17) is 14.6 Å². The lowest BCUT2D eigenvalue weighted by Crippen LogP contribution is -2.41. The molecule has 0 radical (unpaired) electrons. The van der Waals surface area contributed by atoms with Gasteiger partial charge in [0.2, 0.25) is 0 Å². The topological polar surface area (TPSA) is 162 Å². The highest BCUT2D eigenvalue weighted by molar-refractivity contribution is 5.81. The number of aliphatic carboxylic acids is 2. The summed E-state index contributed by atoms with van der Waals surface area (Å²) < 4.78 is 9.85. The van der Waals surface area contributed by atoms with Crippen molar-refractivity contribution in [2.45, 2.75) is 72.1 Å². The normalized spacial score (nSPS) is 15.8. The molecular weight excluding hydrogens is 382 g/mol. The van der Waals surface area contributed by atoms with Crippen molar-refractivity contribution in [3.63, 3.8) is 0 Å². The summed E-state index contributed by atoms with van der Waals surface area (Å²) in [5.41, 5.74) is -2.14. The highest BCUT2D eigenvalue weighted by Gasteiger charge is 2.47. The summed E-state index contributed by atoms with van der Waals surface area (Å²) in [7, 11) is 2.52. The van der Waals surface area contributed by atoms with Crippen LogP contribution in [0.15, 0.2) is 0 Å². The third-order valence-corrected chi connectivity index (χ3v) is 5.18. The summed E-state index contributed by atoms with van der Waals surface area (Å²) >= 11 is 0. The maximum atomic E-state index is 12.5. The van der Waals surface area contributed by atoms with Gasteiger partial charge in [0.15, 0.2) is 0 Å². The zero-order valence-electron chi connectivity index (χ0n) is 18.3. The minimum Gasteiger partial charge on any atom is -0.481 e. The van der Waals surface area contributed by atoms with E-state index in [1.807, 2.05) is 0 Å². The Bertz CT molecular complexity index is 565. The van der Waals surface area contributed by atoms with Crippen LogP contribution in [0, 0.1) is 16.7 Å². The van der Waals surface area contributed by atoms with Gasteiger partial charge >= 0.3 is 23.9 Å². The lowest BCUT2D eigenvalue weighted by Gasteiger charge is -2.37. The van der Waals surface area contributed by atoms with Gasteiger partial charge < -0.3 is 25.8 Å².